The van der Waals surface area contributed by atoms with Crippen LogP contribution in [0.3, 0.4) is 0 Å². The predicted molar refractivity (Wildman–Crippen MR) is 105 cm³/mol. The number of fused-ring (bicyclic) bond motifs is 1. The molecule has 8 heteroatoms. The quantitative estimate of drug-likeness (QED) is 0.533. The summed E-state index contributed by atoms with van der Waals surface area (Å²) in [6, 6.07) is 12.2. The first-order valence-electron chi connectivity index (χ1n) is 8.34. The van der Waals surface area contributed by atoms with Gasteiger partial charge in [-0.25, -0.2) is 9.36 Å². The number of benzene rings is 1. The van der Waals surface area contributed by atoms with Crippen LogP contribution in [0.15, 0.2) is 62.8 Å². The van der Waals surface area contributed by atoms with Gasteiger partial charge in [0.1, 0.15) is 12.3 Å². The van der Waals surface area contributed by atoms with Crippen molar-refractivity contribution in [2.45, 2.75) is 13.5 Å². The standard InChI is InChI=1S/C20H13ClN4O3/c1-12-8-13(11-23-10-12)25-19(26)18-16(24(7-6-22)20(25)27)9-17(28-18)14-4-2-3-5-15(14)21/h2-5,8-11H,7H2,1H3. The Morgan fingerprint density at radius 2 is 2.00 bits per heavy atom. The molecule has 3 aromatic heterocycles. The summed E-state index contributed by atoms with van der Waals surface area (Å²) in [5, 5.41) is 9.63. The van der Waals surface area contributed by atoms with Crippen molar-refractivity contribution >= 4 is 22.7 Å². The number of pyridine rings is 1. The first-order valence-corrected chi connectivity index (χ1v) is 8.72. The van der Waals surface area contributed by atoms with E-state index < -0.39 is 11.2 Å². The van der Waals surface area contributed by atoms with Gasteiger partial charge in [-0.05, 0) is 30.7 Å². The molecule has 0 spiro atoms. The minimum absolute atomic E-state index is 0.0359. The van der Waals surface area contributed by atoms with E-state index in [1.54, 1.807) is 49.5 Å². The summed E-state index contributed by atoms with van der Waals surface area (Å²) in [5.74, 6) is 0.337. The number of rotatable bonds is 3. The molecule has 0 amide bonds. The molecule has 0 saturated heterocycles. The molecule has 0 unspecified atom stereocenters. The monoisotopic (exact) mass is 392 g/mol. The molecular formula is C20H13ClN4O3. The number of aryl methyl sites for hydroxylation is 1. The van der Waals surface area contributed by atoms with E-state index in [0.717, 1.165) is 10.1 Å². The van der Waals surface area contributed by atoms with Crippen LogP contribution in [0, 0.1) is 18.3 Å². The second-order valence-electron chi connectivity index (χ2n) is 6.19. The van der Waals surface area contributed by atoms with Crippen molar-refractivity contribution in [1.82, 2.24) is 14.1 Å². The van der Waals surface area contributed by atoms with E-state index in [1.807, 2.05) is 6.07 Å². The van der Waals surface area contributed by atoms with Gasteiger partial charge in [0, 0.05) is 17.8 Å². The third kappa shape index (κ3) is 2.80. The van der Waals surface area contributed by atoms with Gasteiger partial charge in [0.25, 0.3) is 0 Å². The summed E-state index contributed by atoms with van der Waals surface area (Å²) in [7, 11) is 0. The summed E-state index contributed by atoms with van der Waals surface area (Å²) in [6.07, 6.45) is 3.03. The fourth-order valence-electron chi connectivity index (χ4n) is 3.05. The molecule has 0 saturated carbocycles. The second-order valence-corrected chi connectivity index (χ2v) is 6.60. The molecule has 3 heterocycles. The SMILES string of the molecule is Cc1cncc(-n2c(=O)c3oc(-c4ccccc4Cl)cc3n(CC#N)c2=O)c1. The van der Waals surface area contributed by atoms with Gasteiger partial charge >= 0.3 is 11.2 Å². The van der Waals surface area contributed by atoms with Crippen molar-refractivity contribution in [2.75, 3.05) is 0 Å². The largest absolute Gasteiger partial charge is 0.449 e. The zero-order valence-electron chi connectivity index (χ0n) is 14.7. The molecule has 7 nitrogen and oxygen atoms in total. The summed E-state index contributed by atoms with van der Waals surface area (Å²) < 4.78 is 7.95. The van der Waals surface area contributed by atoms with Gasteiger partial charge in [-0.1, -0.05) is 23.7 Å². The van der Waals surface area contributed by atoms with Crippen molar-refractivity contribution in [2.24, 2.45) is 0 Å². The number of hydrogen-bond donors (Lipinski definition) is 0. The average molecular weight is 393 g/mol. The molecule has 28 heavy (non-hydrogen) atoms. The van der Waals surface area contributed by atoms with Gasteiger partial charge in [0.05, 0.1) is 28.5 Å². The molecule has 0 bridgehead atoms. The molecule has 4 rings (SSSR count). The Kier molecular flexibility index (Phi) is 4.34. The lowest BCUT2D eigenvalue weighted by molar-refractivity contribution is 0.613. The van der Waals surface area contributed by atoms with Crippen LogP contribution in [0.25, 0.3) is 28.1 Å². The highest BCUT2D eigenvalue weighted by atomic mass is 35.5. The van der Waals surface area contributed by atoms with Gasteiger partial charge in [0.15, 0.2) is 0 Å². The average Bonchev–Trinajstić information content (AvgIpc) is 3.11. The lowest BCUT2D eigenvalue weighted by Crippen LogP contribution is -2.38. The summed E-state index contributed by atoms with van der Waals surface area (Å²) >= 11 is 6.23. The van der Waals surface area contributed by atoms with E-state index in [1.165, 1.54) is 10.8 Å². The van der Waals surface area contributed by atoms with E-state index in [-0.39, 0.29) is 17.6 Å². The van der Waals surface area contributed by atoms with Crippen LogP contribution in [0.4, 0.5) is 0 Å². The van der Waals surface area contributed by atoms with Crippen molar-refractivity contribution in [3.8, 4) is 23.1 Å². The smallest absolute Gasteiger partial charge is 0.337 e. The minimum Gasteiger partial charge on any atom is -0.449 e. The van der Waals surface area contributed by atoms with Crippen LogP contribution < -0.4 is 11.2 Å². The third-order valence-corrected chi connectivity index (χ3v) is 4.64. The molecule has 0 aliphatic heterocycles. The van der Waals surface area contributed by atoms with Gasteiger partial charge in [-0.3, -0.25) is 14.3 Å². The highest BCUT2D eigenvalue weighted by Crippen LogP contribution is 2.31. The topological polar surface area (TPSA) is 93.8 Å². The molecule has 0 fully saturated rings. The third-order valence-electron chi connectivity index (χ3n) is 4.31. The van der Waals surface area contributed by atoms with Crippen molar-refractivity contribution in [1.29, 1.82) is 5.26 Å². The Morgan fingerprint density at radius 3 is 2.71 bits per heavy atom. The number of halogens is 1. The summed E-state index contributed by atoms with van der Waals surface area (Å²) in [6.45, 7) is 1.56. The van der Waals surface area contributed by atoms with Gasteiger partial charge in [-0.15, -0.1) is 0 Å². The first kappa shape index (κ1) is 17.8. The zero-order valence-corrected chi connectivity index (χ0v) is 15.5. The highest BCUT2D eigenvalue weighted by molar-refractivity contribution is 6.33. The minimum atomic E-state index is -0.641. The van der Waals surface area contributed by atoms with Gasteiger partial charge in [-0.2, -0.15) is 5.26 Å². The molecule has 0 atom stereocenters. The van der Waals surface area contributed by atoms with Gasteiger partial charge in [0.2, 0.25) is 5.58 Å². The Hall–Kier alpha value is -3.63. The fourth-order valence-corrected chi connectivity index (χ4v) is 3.28. The number of furan rings is 1. The van der Waals surface area contributed by atoms with Crippen LogP contribution >= 0.6 is 11.6 Å². The van der Waals surface area contributed by atoms with Crippen molar-refractivity contribution in [3.63, 3.8) is 0 Å². The van der Waals surface area contributed by atoms with E-state index in [0.29, 0.717) is 22.0 Å². The van der Waals surface area contributed by atoms with Crippen molar-refractivity contribution < 1.29 is 4.42 Å². The Bertz CT molecular complexity index is 1370. The lowest BCUT2D eigenvalue weighted by atomic mass is 10.2. The van der Waals surface area contributed by atoms with E-state index >= 15 is 0 Å². The molecule has 0 N–H and O–H groups in total. The van der Waals surface area contributed by atoms with E-state index in [2.05, 4.69) is 4.98 Å². The number of nitrogens with zero attached hydrogens (tertiary/aromatic N) is 4. The number of aromatic nitrogens is 3. The molecule has 1 aromatic carbocycles. The van der Waals surface area contributed by atoms with E-state index in [9.17, 15) is 14.9 Å². The van der Waals surface area contributed by atoms with Crippen LogP contribution in [0.2, 0.25) is 5.02 Å². The van der Waals surface area contributed by atoms with Gasteiger partial charge < -0.3 is 4.42 Å². The lowest BCUT2D eigenvalue weighted by Gasteiger charge is -2.09. The van der Waals surface area contributed by atoms with Crippen molar-refractivity contribution in [3.05, 3.63) is 80.2 Å². The maximum Gasteiger partial charge on any atom is 0.337 e. The van der Waals surface area contributed by atoms with Crippen LogP contribution in [0.5, 0.6) is 0 Å². The molecule has 4 aromatic rings. The molecule has 0 aliphatic carbocycles. The first-order chi connectivity index (χ1) is 13.5. The normalized spacial score (nSPS) is 10.9. The van der Waals surface area contributed by atoms with Crippen LogP contribution in [-0.2, 0) is 6.54 Å². The second kappa shape index (κ2) is 6.83. The highest BCUT2D eigenvalue weighted by Gasteiger charge is 2.20. The predicted octanol–water partition coefficient (Wildman–Crippen LogP) is 3.29. The molecule has 0 radical (unpaired) electrons. The Morgan fingerprint density at radius 1 is 1.21 bits per heavy atom. The van der Waals surface area contributed by atoms with Crippen LogP contribution in [0.1, 0.15) is 5.56 Å². The molecule has 138 valence electrons. The molecule has 0 aliphatic rings. The molecular weight excluding hydrogens is 380 g/mol. The maximum atomic E-state index is 13.1. The Balaban J connectivity index is 2.09. The number of hydrogen-bond acceptors (Lipinski definition) is 5. The fraction of sp³-hybridized carbons (Fsp3) is 0.100. The maximum absolute atomic E-state index is 13.1. The summed E-state index contributed by atoms with van der Waals surface area (Å²) in [5.41, 5.74) is 0.609. The summed E-state index contributed by atoms with van der Waals surface area (Å²) in [4.78, 5) is 30.1. The van der Waals surface area contributed by atoms with E-state index in [4.69, 9.17) is 16.0 Å². The zero-order chi connectivity index (χ0) is 19.8. The number of nitriles is 1. The van der Waals surface area contributed by atoms with Crippen LogP contribution in [-0.4, -0.2) is 14.1 Å². The Labute approximate surface area is 163 Å².